The van der Waals surface area contributed by atoms with Crippen LogP contribution in [0, 0.1) is 5.92 Å². The van der Waals surface area contributed by atoms with Crippen LogP contribution in [0.25, 0.3) is 0 Å². The lowest BCUT2D eigenvalue weighted by Gasteiger charge is -2.14. The van der Waals surface area contributed by atoms with Gasteiger partial charge in [0.15, 0.2) is 0 Å². The van der Waals surface area contributed by atoms with Gasteiger partial charge in [0.25, 0.3) is 0 Å². The van der Waals surface area contributed by atoms with Gasteiger partial charge in [0, 0.05) is 16.6 Å². The van der Waals surface area contributed by atoms with Gasteiger partial charge < -0.3 is 14.6 Å². The summed E-state index contributed by atoms with van der Waals surface area (Å²) in [6, 6.07) is 5.62. The molecule has 0 spiro atoms. The molecule has 1 aromatic carbocycles. The second-order valence-electron chi connectivity index (χ2n) is 4.68. The molecule has 18 heavy (non-hydrogen) atoms. The van der Waals surface area contributed by atoms with E-state index < -0.39 is 6.10 Å². The number of benzene rings is 1. The first-order valence-corrected chi connectivity index (χ1v) is 6.98. The molecule has 102 valence electrons. The van der Waals surface area contributed by atoms with Crippen molar-refractivity contribution in [1.29, 1.82) is 0 Å². The summed E-state index contributed by atoms with van der Waals surface area (Å²) in [4.78, 5) is 0. The van der Waals surface area contributed by atoms with Crippen molar-refractivity contribution in [2.24, 2.45) is 5.92 Å². The van der Waals surface area contributed by atoms with E-state index in [1.54, 1.807) is 6.92 Å². The van der Waals surface area contributed by atoms with Gasteiger partial charge in [-0.25, -0.2) is 0 Å². The fourth-order valence-electron chi connectivity index (χ4n) is 1.51. The highest BCUT2D eigenvalue weighted by Gasteiger charge is 2.09. The number of aliphatic hydroxyl groups is 1. The lowest BCUT2D eigenvalue weighted by atomic mass is 10.1. The van der Waals surface area contributed by atoms with Gasteiger partial charge in [-0.2, -0.15) is 0 Å². The van der Waals surface area contributed by atoms with Crippen molar-refractivity contribution in [1.82, 2.24) is 0 Å². The molecular weight excluding hydrogens is 296 g/mol. The smallest absolute Gasteiger partial charge is 0.126 e. The van der Waals surface area contributed by atoms with Gasteiger partial charge in [-0.15, -0.1) is 0 Å². The van der Waals surface area contributed by atoms with Gasteiger partial charge in [0.2, 0.25) is 0 Å². The summed E-state index contributed by atoms with van der Waals surface area (Å²) >= 11 is 3.39. The fourth-order valence-corrected chi connectivity index (χ4v) is 1.85. The molecule has 0 saturated carbocycles. The molecule has 0 aliphatic rings. The van der Waals surface area contributed by atoms with Gasteiger partial charge in [0.05, 0.1) is 12.7 Å². The van der Waals surface area contributed by atoms with Crippen molar-refractivity contribution in [3.8, 4) is 5.75 Å². The highest BCUT2D eigenvalue weighted by atomic mass is 79.9. The molecule has 0 fully saturated rings. The zero-order valence-corrected chi connectivity index (χ0v) is 12.7. The summed E-state index contributed by atoms with van der Waals surface area (Å²) in [5.41, 5.74) is 0.794. The molecule has 0 bridgehead atoms. The first-order chi connectivity index (χ1) is 8.50. The Kier molecular flexibility index (Phi) is 6.68. The molecule has 1 unspecified atom stereocenters. The maximum Gasteiger partial charge on any atom is 0.126 e. The molecule has 1 rings (SSSR count). The van der Waals surface area contributed by atoms with Crippen LogP contribution in [0.15, 0.2) is 22.7 Å². The number of aliphatic hydroxyl groups excluding tert-OH is 1. The average molecular weight is 317 g/mol. The average Bonchev–Trinajstić information content (AvgIpc) is 2.27. The zero-order valence-electron chi connectivity index (χ0n) is 11.1. The maximum absolute atomic E-state index is 9.64. The largest absolute Gasteiger partial charge is 0.491 e. The predicted octanol–water partition coefficient (Wildman–Crippen LogP) is 3.55. The SMILES string of the molecule is CC(C)COCCOc1cc(Br)ccc1C(C)O. The highest BCUT2D eigenvalue weighted by molar-refractivity contribution is 9.10. The molecule has 0 saturated heterocycles. The third-order valence-corrected chi connectivity index (χ3v) is 2.86. The quantitative estimate of drug-likeness (QED) is 0.782. The van der Waals surface area contributed by atoms with E-state index in [9.17, 15) is 5.11 Å². The Morgan fingerprint density at radius 3 is 2.56 bits per heavy atom. The van der Waals surface area contributed by atoms with E-state index >= 15 is 0 Å². The fraction of sp³-hybridized carbons (Fsp3) is 0.571. The van der Waals surface area contributed by atoms with Crippen LogP contribution in [0.1, 0.15) is 32.4 Å². The first kappa shape index (κ1) is 15.5. The van der Waals surface area contributed by atoms with Crippen molar-refractivity contribution in [2.45, 2.75) is 26.9 Å². The van der Waals surface area contributed by atoms with Crippen LogP contribution < -0.4 is 4.74 Å². The van der Waals surface area contributed by atoms with Crippen molar-refractivity contribution in [2.75, 3.05) is 19.8 Å². The number of hydrogen-bond acceptors (Lipinski definition) is 3. The van der Waals surface area contributed by atoms with Crippen LogP contribution in [0.5, 0.6) is 5.75 Å². The minimum Gasteiger partial charge on any atom is -0.491 e. The van der Waals surface area contributed by atoms with Crippen LogP contribution in [0.3, 0.4) is 0 Å². The molecule has 0 heterocycles. The molecule has 1 N–H and O–H groups in total. The Balaban J connectivity index is 2.48. The van der Waals surface area contributed by atoms with Gasteiger partial charge in [-0.05, 0) is 25.0 Å². The van der Waals surface area contributed by atoms with Crippen LogP contribution in [-0.4, -0.2) is 24.9 Å². The lowest BCUT2D eigenvalue weighted by molar-refractivity contribution is 0.0805. The Labute approximate surface area is 117 Å². The Morgan fingerprint density at radius 2 is 1.94 bits per heavy atom. The van der Waals surface area contributed by atoms with Crippen molar-refractivity contribution in [3.63, 3.8) is 0 Å². The van der Waals surface area contributed by atoms with Crippen LogP contribution in [0.4, 0.5) is 0 Å². The summed E-state index contributed by atoms with van der Waals surface area (Å²) in [6.07, 6.45) is -0.537. The summed E-state index contributed by atoms with van der Waals surface area (Å²) in [5, 5.41) is 9.64. The van der Waals surface area contributed by atoms with Gasteiger partial charge in [-0.3, -0.25) is 0 Å². The summed E-state index contributed by atoms with van der Waals surface area (Å²) < 4.78 is 12.0. The monoisotopic (exact) mass is 316 g/mol. The zero-order chi connectivity index (χ0) is 13.5. The first-order valence-electron chi connectivity index (χ1n) is 6.18. The highest BCUT2D eigenvalue weighted by Crippen LogP contribution is 2.28. The summed E-state index contributed by atoms with van der Waals surface area (Å²) in [6.45, 7) is 7.74. The minimum atomic E-state index is -0.537. The molecule has 0 radical (unpaired) electrons. The second kappa shape index (κ2) is 7.77. The van der Waals surface area contributed by atoms with Crippen LogP contribution >= 0.6 is 15.9 Å². The van der Waals surface area contributed by atoms with Crippen molar-refractivity contribution >= 4 is 15.9 Å². The maximum atomic E-state index is 9.64. The van der Waals surface area contributed by atoms with Gasteiger partial charge in [-0.1, -0.05) is 35.8 Å². The number of ether oxygens (including phenoxy) is 2. The molecule has 0 aliphatic heterocycles. The Hall–Kier alpha value is -0.580. The Morgan fingerprint density at radius 1 is 1.22 bits per heavy atom. The number of hydrogen-bond donors (Lipinski definition) is 1. The topological polar surface area (TPSA) is 38.7 Å². The molecular formula is C14H21BrO3. The van der Waals surface area contributed by atoms with Gasteiger partial charge >= 0.3 is 0 Å². The Bertz CT molecular complexity index is 364. The molecule has 1 atom stereocenters. The molecule has 0 aliphatic carbocycles. The van der Waals surface area contributed by atoms with Crippen molar-refractivity contribution < 1.29 is 14.6 Å². The van der Waals surface area contributed by atoms with E-state index in [-0.39, 0.29) is 0 Å². The third-order valence-electron chi connectivity index (χ3n) is 2.36. The van der Waals surface area contributed by atoms with Crippen LogP contribution in [0.2, 0.25) is 0 Å². The molecule has 0 amide bonds. The van der Waals surface area contributed by atoms with Crippen molar-refractivity contribution in [3.05, 3.63) is 28.2 Å². The predicted molar refractivity (Wildman–Crippen MR) is 75.9 cm³/mol. The lowest BCUT2D eigenvalue weighted by Crippen LogP contribution is -2.11. The van der Waals surface area contributed by atoms with E-state index in [0.717, 1.165) is 16.6 Å². The minimum absolute atomic E-state index is 0.489. The third kappa shape index (κ3) is 5.38. The van der Waals surface area contributed by atoms with Crippen LogP contribution in [-0.2, 0) is 4.74 Å². The molecule has 4 heteroatoms. The van der Waals surface area contributed by atoms with E-state index in [4.69, 9.17) is 9.47 Å². The van der Waals surface area contributed by atoms with E-state index in [2.05, 4.69) is 29.8 Å². The van der Waals surface area contributed by atoms with E-state index in [1.165, 1.54) is 0 Å². The normalized spacial score (nSPS) is 12.8. The molecule has 0 aromatic heterocycles. The van der Waals surface area contributed by atoms with Gasteiger partial charge in [0.1, 0.15) is 12.4 Å². The summed E-state index contributed by atoms with van der Waals surface area (Å²) in [7, 11) is 0. The number of rotatable bonds is 7. The van der Waals surface area contributed by atoms with E-state index in [1.807, 2.05) is 18.2 Å². The number of halogens is 1. The van der Waals surface area contributed by atoms with E-state index in [0.29, 0.717) is 24.9 Å². The molecule has 3 nitrogen and oxygen atoms in total. The standard InChI is InChI=1S/C14H21BrO3/c1-10(2)9-17-6-7-18-14-8-12(15)4-5-13(14)11(3)16/h4-5,8,10-11,16H,6-7,9H2,1-3H3. The second-order valence-corrected chi connectivity index (χ2v) is 5.59. The molecule has 1 aromatic rings. The summed E-state index contributed by atoms with van der Waals surface area (Å²) in [5.74, 6) is 1.23.